The lowest BCUT2D eigenvalue weighted by Crippen LogP contribution is -2.38. The Morgan fingerprint density at radius 1 is 1.29 bits per heavy atom. The number of nitrogens with one attached hydrogen (secondary N) is 2. The molecule has 1 aliphatic heterocycles. The van der Waals surface area contributed by atoms with Gasteiger partial charge < -0.3 is 20.1 Å². The maximum Gasteiger partial charge on any atom is 0.412 e. The van der Waals surface area contributed by atoms with Gasteiger partial charge in [0.05, 0.1) is 29.9 Å². The summed E-state index contributed by atoms with van der Waals surface area (Å²) in [5, 5.41) is 10.4. The molecular weight excluding hydrogens is 451 g/mol. The first-order valence-electron chi connectivity index (χ1n) is 11.0. The third kappa shape index (κ3) is 4.93. The Hall–Kier alpha value is -3.34. The summed E-state index contributed by atoms with van der Waals surface area (Å²) in [4.78, 5) is 17.6. The summed E-state index contributed by atoms with van der Waals surface area (Å²) in [5.41, 5.74) is 0.855. The number of hydrogen-bond acceptors (Lipinski definition) is 6. The second kappa shape index (κ2) is 9.88. The maximum atomic E-state index is 14.0. The van der Waals surface area contributed by atoms with Crippen LogP contribution in [0.4, 0.5) is 18.9 Å². The van der Waals surface area contributed by atoms with Crippen LogP contribution in [0, 0.1) is 0 Å². The molecule has 2 aromatic heterocycles. The van der Waals surface area contributed by atoms with E-state index in [2.05, 4.69) is 20.7 Å². The highest BCUT2D eigenvalue weighted by Crippen LogP contribution is 2.35. The van der Waals surface area contributed by atoms with Crippen molar-refractivity contribution in [2.24, 2.45) is 0 Å². The van der Waals surface area contributed by atoms with Gasteiger partial charge in [-0.15, -0.1) is 0 Å². The fourth-order valence-electron chi connectivity index (χ4n) is 4.02. The molecule has 0 bridgehead atoms. The molecule has 34 heavy (non-hydrogen) atoms. The monoisotopic (exact) mass is 477 g/mol. The number of methoxy groups -OCH3 is 1. The number of aryl methyl sites for hydroxylation is 1. The van der Waals surface area contributed by atoms with Crippen LogP contribution in [0.15, 0.2) is 36.7 Å². The van der Waals surface area contributed by atoms with E-state index >= 15 is 0 Å². The lowest BCUT2D eigenvalue weighted by atomic mass is 10.0. The van der Waals surface area contributed by atoms with E-state index in [-0.39, 0.29) is 22.9 Å². The molecular formula is C23H26F3N5O3. The molecule has 2 N–H and O–H groups in total. The summed E-state index contributed by atoms with van der Waals surface area (Å²) in [7, 11) is 1.37. The molecule has 1 unspecified atom stereocenters. The SMILES string of the molecule is CCn1ncc2c(NC3CCOCC3)c(C(=O)NC(c3cccc(OC)c3)C(F)(F)F)cnc21. The van der Waals surface area contributed by atoms with Gasteiger partial charge in [0.1, 0.15) is 5.75 Å². The number of ether oxygens (including phenoxy) is 2. The van der Waals surface area contributed by atoms with Gasteiger partial charge in [0.15, 0.2) is 11.7 Å². The highest BCUT2D eigenvalue weighted by Gasteiger charge is 2.42. The number of carbonyl (C=O) groups is 1. The second-order valence-electron chi connectivity index (χ2n) is 8.00. The smallest absolute Gasteiger partial charge is 0.412 e. The third-order valence-corrected chi connectivity index (χ3v) is 5.81. The van der Waals surface area contributed by atoms with Crippen molar-refractivity contribution in [1.82, 2.24) is 20.1 Å². The van der Waals surface area contributed by atoms with Crippen molar-refractivity contribution < 1.29 is 27.4 Å². The van der Waals surface area contributed by atoms with Crippen LogP contribution in [-0.2, 0) is 11.3 Å². The van der Waals surface area contributed by atoms with Crippen molar-refractivity contribution in [2.45, 2.75) is 44.6 Å². The Bertz CT molecular complexity index is 1160. The quantitative estimate of drug-likeness (QED) is 0.533. The minimum Gasteiger partial charge on any atom is -0.497 e. The van der Waals surface area contributed by atoms with Crippen molar-refractivity contribution >= 4 is 22.6 Å². The zero-order valence-electron chi connectivity index (χ0n) is 18.9. The number of fused-ring (bicyclic) bond motifs is 1. The summed E-state index contributed by atoms with van der Waals surface area (Å²) in [5.74, 6) is -0.628. The fraction of sp³-hybridized carbons (Fsp3) is 0.435. The van der Waals surface area contributed by atoms with Crippen LogP contribution in [-0.4, -0.2) is 53.2 Å². The zero-order chi connectivity index (χ0) is 24.3. The predicted molar refractivity (Wildman–Crippen MR) is 120 cm³/mol. The zero-order valence-corrected chi connectivity index (χ0v) is 18.9. The second-order valence-corrected chi connectivity index (χ2v) is 8.00. The number of hydrogen-bond donors (Lipinski definition) is 2. The molecule has 3 heterocycles. The molecule has 3 aromatic rings. The van der Waals surface area contributed by atoms with E-state index in [1.54, 1.807) is 10.9 Å². The number of rotatable bonds is 7. The van der Waals surface area contributed by atoms with Crippen LogP contribution in [0.3, 0.4) is 0 Å². The minimum atomic E-state index is -4.72. The van der Waals surface area contributed by atoms with E-state index in [1.807, 2.05) is 6.92 Å². The molecule has 182 valence electrons. The molecule has 0 radical (unpaired) electrons. The number of halogens is 3. The van der Waals surface area contributed by atoms with Crippen LogP contribution in [0.1, 0.15) is 41.7 Å². The van der Waals surface area contributed by atoms with E-state index in [0.29, 0.717) is 49.3 Å². The number of carbonyl (C=O) groups excluding carboxylic acids is 1. The molecule has 0 aliphatic carbocycles. The van der Waals surface area contributed by atoms with E-state index in [0.717, 1.165) is 0 Å². The van der Waals surface area contributed by atoms with E-state index in [9.17, 15) is 18.0 Å². The lowest BCUT2D eigenvalue weighted by molar-refractivity contribution is -0.155. The van der Waals surface area contributed by atoms with Gasteiger partial charge in [-0.05, 0) is 37.5 Å². The lowest BCUT2D eigenvalue weighted by Gasteiger charge is -2.26. The summed E-state index contributed by atoms with van der Waals surface area (Å²) in [6.45, 7) is 3.59. The van der Waals surface area contributed by atoms with Crippen molar-refractivity contribution in [3.63, 3.8) is 0 Å². The third-order valence-electron chi connectivity index (χ3n) is 5.81. The van der Waals surface area contributed by atoms with Crippen LogP contribution in [0.25, 0.3) is 11.0 Å². The largest absolute Gasteiger partial charge is 0.497 e. The highest BCUT2D eigenvalue weighted by atomic mass is 19.4. The number of nitrogens with zero attached hydrogens (tertiary/aromatic N) is 3. The van der Waals surface area contributed by atoms with Crippen LogP contribution in [0.2, 0.25) is 0 Å². The molecule has 0 saturated carbocycles. The molecule has 0 spiro atoms. The van der Waals surface area contributed by atoms with Crippen LogP contribution in [0.5, 0.6) is 5.75 Å². The van der Waals surface area contributed by atoms with E-state index in [4.69, 9.17) is 9.47 Å². The summed E-state index contributed by atoms with van der Waals surface area (Å²) >= 11 is 0. The van der Waals surface area contributed by atoms with Gasteiger partial charge in [0.2, 0.25) is 0 Å². The molecule has 1 aliphatic rings. The Morgan fingerprint density at radius 3 is 2.74 bits per heavy atom. The fourth-order valence-corrected chi connectivity index (χ4v) is 4.02. The first-order valence-corrected chi connectivity index (χ1v) is 11.0. The highest BCUT2D eigenvalue weighted by molar-refractivity contribution is 6.06. The van der Waals surface area contributed by atoms with Gasteiger partial charge in [-0.3, -0.25) is 4.79 Å². The molecule has 1 amide bonds. The minimum absolute atomic E-state index is 0.00711. The number of alkyl halides is 3. The van der Waals surface area contributed by atoms with Crippen molar-refractivity contribution in [2.75, 3.05) is 25.6 Å². The van der Waals surface area contributed by atoms with Gasteiger partial charge in [0, 0.05) is 32.0 Å². The number of benzene rings is 1. The maximum absolute atomic E-state index is 14.0. The Kier molecular flexibility index (Phi) is 6.92. The molecule has 8 nitrogen and oxygen atoms in total. The number of aromatic nitrogens is 3. The Labute approximate surface area is 194 Å². The van der Waals surface area contributed by atoms with E-state index < -0.39 is 18.1 Å². The topological polar surface area (TPSA) is 90.3 Å². The molecule has 1 aromatic carbocycles. The van der Waals surface area contributed by atoms with Crippen LogP contribution >= 0.6 is 0 Å². The number of amides is 1. The Morgan fingerprint density at radius 2 is 2.06 bits per heavy atom. The molecule has 1 fully saturated rings. The standard InChI is InChI=1S/C23H26F3N5O3/c1-3-31-21-17(13-28-31)19(29-15-7-9-34-10-8-15)18(12-27-21)22(32)30-20(23(24,25)26)14-5-4-6-16(11-14)33-2/h4-6,11-13,15,20H,3,7-10H2,1-2H3,(H,27,29)(H,30,32). The normalized spacial score (nSPS) is 15.8. The summed E-state index contributed by atoms with van der Waals surface area (Å²) in [6.07, 6.45) is -0.426. The van der Waals surface area contributed by atoms with Crippen LogP contribution < -0.4 is 15.4 Å². The van der Waals surface area contributed by atoms with Gasteiger partial charge in [-0.1, -0.05) is 12.1 Å². The summed E-state index contributed by atoms with van der Waals surface area (Å²) in [6, 6.07) is 3.33. The predicted octanol–water partition coefficient (Wildman–Crippen LogP) is 4.08. The number of anilines is 1. The molecule has 4 rings (SSSR count). The van der Waals surface area contributed by atoms with Crippen molar-refractivity contribution in [1.29, 1.82) is 0 Å². The van der Waals surface area contributed by atoms with Crippen molar-refractivity contribution in [3.8, 4) is 5.75 Å². The molecule has 1 saturated heterocycles. The first kappa shape index (κ1) is 23.8. The summed E-state index contributed by atoms with van der Waals surface area (Å²) < 4.78 is 54.1. The van der Waals surface area contributed by atoms with Crippen molar-refractivity contribution in [3.05, 3.63) is 47.8 Å². The van der Waals surface area contributed by atoms with Gasteiger partial charge in [-0.25, -0.2) is 9.67 Å². The average molecular weight is 477 g/mol. The van der Waals surface area contributed by atoms with Gasteiger partial charge >= 0.3 is 6.18 Å². The van der Waals surface area contributed by atoms with E-state index in [1.165, 1.54) is 37.6 Å². The molecule has 1 atom stereocenters. The van der Waals surface area contributed by atoms with Gasteiger partial charge in [-0.2, -0.15) is 18.3 Å². The van der Waals surface area contributed by atoms with Gasteiger partial charge in [0.25, 0.3) is 5.91 Å². The first-order chi connectivity index (χ1) is 16.3. The number of pyridine rings is 1. The average Bonchev–Trinajstić information content (AvgIpc) is 3.26. The Balaban J connectivity index is 1.71. The molecule has 11 heteroatoms.